The molecule has 0 radical (unpaired) electrons. The van der Waals surface area contributed by atoms with Crippen LogP contribution in [-0.4, -0.2) is 48.3 Å². The van der Waals surface area contributed by atoms with Gasteiger partial charge in [-0.05, 0) is 33.6 Å². The molecule has 1 fully saturated rings. The molecule has 0 heterocycles. The fraction of sp³-hybridized carbons (Fsp3) is 1.00. The van der Waals surface area contributed by atoms with Crippen LogP contribution in [-0.2, 0) is 9.47 Å². The third-order valence-corrected chi connectivity index (χ3v) is 1.81. The van der Waals surface area contributed by atoms with Gasteiger partial charge >= 0.3 is 0 Å². The summed E-state index contributed by atoms with van der Waals surface area (Å²) in [5.41, 5.74) is 0. The molecule has 15 heavy (non-hydrogen) atoms. The Bertz CT molecular complexity index is 135. The van der Waals surface area contributed by atoms with Crippen LogP contribution in [0, 0.1) is 0 Å². The summed E-state index contributed by atoms with van der Waals surface area (Å²) in [5.74, 6) is 0. The molecule has 0 bridgehead atoms. The molecular weight excluding hydrogens is 196 g/mol. The van der Waals surface area contributed by atoms with Crippen molar-refractivity contribution in [3.63, 3.8) is 0 Å². The van der Waals surface area contributed by atoms with Crippen LogP contribution in [0.1, 0.15) is 33.6 Å². The second-order valence-corrected chi connectivity index (χ2v) is 3.83. The van der Waals surface area contributed by atoms with Gasteiger partial charge in [-0.1, -0.05) is 0 Å². The Labute approximate surface area is 92.2 Å². The van der Waals surface area contributed by atoms with Crippen molar-refractivity contribution >= 4 is 0 Å². The minimum absolute atomic E-state index is 0.00667. The Morgan fingerprint density at radius 1 is 1.33 bits per heavy atom. The van der Waals surface area contributed by atoms with E-state index in [9.17, 15) is 0 Å². The molecular formula is C11H24O4. The minimum atomic E-state index is -0.445. The van der Waals surface area contributed by atoms with E-state index in [0.29, 0.717) is 12.7 Å². The molecule has 0 amide bonds. The van der Waals surface area contributed by atoms with Crippen LogP contribution in [0.2, 0.25) is 0 Å². The zero-order valence-corrected chi connectivity index (χ0v) is 9.98. The summed E-state index contributed by atoms with van der Waals surface area (Å²) >= 11 is 0. The topological polar surface area (TPSA) is 58.9 Å². The van der Waals surface area contributed by atoms with Gasteiger partial charge in [-0.25, -0.2) is 0 Å². The van der Waals surface area contributed by atoms with Gasteiger partial charge in [0.15, 0.2) is 0 Å². The van der Waals surface area contributed by atoms with Gasteiger partial charge in [0.05, 0.1) is 31.5 Å². The van der Waals surface area contributed by atoms with Crippen molar-refractivity contribution in [1.82, 2.24) is 0 Å². The Morgan fingerprint density at radius 2 is 1.93 bits per heavy atom. The van der Waals surface area contributed by atoms with Crippen molar-refractivity contribution in [2.24, 2.45) is 0 Å². The van der Waals surface area contributed by atoms with E-state index in [0.717, 1.165) is 6.61 Å². The van der Waals surface area contributed by atoms with Gasteiger partial charge in [0.2, 0.25) is 0 Å². The van der Waals surface area contributed by atoms with Crippen molar-refractivity contribution < 1.29 is 19.7 Å². The van der Waals surface area contributed by atoms with Crippen molar-refractivity contribution in [3.8, 4) is 0 Å². The van der Waals surface area contributed by atoms with E-state index in [1.807, 2.05) is 6.92 Å². The molecule has 0 aromatic heterocycles. The lowest BCUT2D eigenvalue weighted by atomic mass is 10.4. The molecule has 4 heteroatoms. The average Bonchev–Trinajstić information content (AvgIpc) is 2.99. The van der Waals surface area contributed by atoms with Crippen LogP contribution in [0.25, 0.3) is 0 Å². The minimum Gasteiger partial charge on any atom is -0.394 e. The third kappa shape index (κ3) is 11.8. The number of aliphatic hydroxyl groups excluding tert-OH is 2. The van der Waals surface area contributed by atoms with Gasteiger partial charge in [-0.3, -0.25) is 0 Å². The maximum atomic E-state index is 8.69. The molecule has 0 aromatic rings. The zero-order valence-electron chi connectivity index (χ0n) is 9.98. The fourth-order valence-electron chi connectivity index (χ4n) is 0.827. The van der Waals surface area contributed by atoms with Gasteiger partial charge < -0.3 is 19.7 Å². The van der Waals surface area contributed by atoms with E-state index in [1.54, 1.807) is 13.8 Å². The van der Waals surface area contributed by atoms with Gasteiger partial charge in [-0.15, -0.1) is 0 Å². The molecule has 92 valence electrons. The lowest BCUT2D eigenvalue weighted by molar-refractivity contribution is -0.0177. The number of rotatable bonds is 6. The highest BCUT2D eigenvalue weighted by Crippen LogP contribution is 2.22. The van der Waals surface area contributed by atoms with Crippen molar-refractivity contribution in [3.05, 3.63) is 0 Å². The number of hydrogen-bond donors (Lipinski definition) is 2. The van der Waals surface area contributed by atoms with Crippen LogP contribution in [0.15, 0.2) is 0 Å². The largest absolute Gasteiger partial charge is 0.394 e. The molecule has 0 aliphatic heterocycles. The Morgan fingerprint density at radius 3 is 2.20 bits per heavy atom. The van der Waals surface area contributed by atoms with Crippen molar-refractivity contribution in [1.29, 1.82) is 0 Å². The quantitative estimate of drug-likeness (QED) is 0.699. The first-order valence-corrected chi connectivity index (χ1v) is 5.62. The van der Waals surface area contributed by atoms with Gasteiger partial charge in [0, 0.05) is 6.61 Å². The molecule has 0 aromatic carbocycles. The maximum Gasteiger partial charge on any atom is 0.0779 e. The molecule has 0 saturated heterocycles. The molecule has 1 aliphatic carbocycles. The van der Waals surface area contributed by atoms with Crippen LogP contribution in [0.4, 0.5) is 0 Å². The molecule has 1 rings (SSSR count). The highest BCUT2D eigenvalue weighted by Gasteiger charge is 2.20. The molecule has 0 spiro atoms. The standard InChI is InChI=1S/C6H14O3.C5H10O/c1-5(8)4-9-6(2)3-7;1-2-6-5-3-4-5/h5-8H,3-4H2,1-2H3;5H,2-4H2,1H3. The number of ether oxygens (including phenoxy) is 2. The zero-order chi connectivity index (χ0) is 11.7. The summed E-state index contributed by atoms with van der Waals surface area (Å²) in [4.78, 5) is 0. The van der Waals surface area contributed by atoms with E-state index in [-0.39, 0.29) is 12.7 Å². The molecule has 2 N–H and O–H groups in total. The Balaban J connectivity index is 0.000000280. The molecule has 1 saturated carbocycles. The third-order valence-electron chi connectivity index (χ3n) is 1.81. The summed E-state index contributed by atoms with van der Waals surface area (Å²) in [6, 6.07) is 0. The van der Waals surface area contributed by atoms with Gasteiger partial charge in [0.1, 0.15) is 0 Å². The smallest absolute Gasteiger partial charge is 0.0779 e. The molecule has 1 aliphatic rings. The van der Waals surface area contributed by atoms with E-state index in [4.69, 9.17) is 19.7 Å². The molecule has 4 nitrogen and oxygen atoms in total. The Hall–Kier alpha value is -0.160. The first-order valence-electron chi connectivity index (χ1n) is 5.62. The van der Waals surface area contributed by atoms with Crippen LogP contribution >= 0.6 is 0 Å². The summed E-state index contributed by atoms with van der Waals surface area (Å²) in [5, 5.41) is 17.1. The predicted molar refractivity (Wildman–Crippen MR) is 58.8 cm³/mol. The summed E-state index contributed by atoms with van der Waals surface area (Å²) in [6.45, 7) is 6.63. The van der Waals surface area contributed by atoms with Gasteiger partial charge in [0.25, 0.3) is 0 Å². The molecule has 2 unspecified atom stereocenters. The lowest BCUT2D eigenvalue weighted by Gasteiger charge is -2.10. The first-order chi connectivity index (χ1) is 7.10. The highest BCUT2D eigenvalue weighted by molar-refractivity contribution is 4.72. The second-order valence-electron chi connectivity index (χ2n) is 3.83. The Kier molecular flexibility index (Phi) is 9.00. The fourth-order valence-corrected chi connectivity index (χ4v) is 0.827. The normalized spacial score (nSPS) is 19.0. The van der Waals surface area contributed by atoms with E-state index < -0.39 is 6.10 Å². The van der Waals surface area contributed by atoms with E-state index in [2.05, 4.69) is 0 Å². The summed E-state index contributed by atoms with van der Waals surface area (Å²) in [7, 11) is 0. The average molecular weight is 220 g/mol. The van der Waals surface area contributed by atoms with Crippen LogP contribution in [0.3, 0.4) is 0 Å². The summed E-state index contributed by atoms with van der Waals surface area (Å²) in [6.07, 6.45) is 2.63. The van der Waals surface area contributed by atoms with Crippen molar-refractivity contribution in [2.75, 3.05) is 19.8 Å². The molecule has 2 atom stereocenters. The second kappa shape index (κ2) is 9.09. The van der Waals surface area contributed by atoms with E-state index in [1.165, 1.54) is 12.8 Å². The lowest BCUT2D eigenvalue weighted by Crippen LogP contribution is -2.19. The van der Waals surface area contributed by atoms with Crippen LogP contribution < -0.4 is 0 Å². The predicted octanol–water partition coefficient (Wildman–Crippen LogP) is 0.950. The number of hydrogen-bond acceptors (Lipinski definition) is 4. The van der Waals surface area contributed by atoms with Crippen LogP contribution in [0.5, 0.6) is 0 Å². The van der Waals surface area contributed by atoms with Gasteiger partial charge in [-0.2, -0.15) is 0 Å². The number of aliphatic hydroxyl groups is 2. The highest BCUT2D eigenvalue weighted by atomic mass is 16.5. The maximum absolute atomic E-state index is 8.69. The SMILES string of the molecule is CC(O)COC(C)CO.CCOC1CC1. The monoisotopic (exact) mass is 220 g/mol. The van der Waals surface area contributed by atoms with E-state index >= 15 is 0 Å². The van der Waals surface area contributed by atoms with Crippen molar-refractivity contribution in [2.45, 2.75) is 51.9 Å². The summed E-state index contributed by atoms with van der Waals surface area (Å²) < 4.78 is 10.1. The first kappa shape index (κ1) is 14.8.